The third kappa shape index (κ3) is 5.54. The summed E-state index contributed by atoms with van der Waals surface area (Å²) in [6.45, 7) is 2.59. The first-order valence-corrected chi connectivity index (χ1v) is 9.54. The molecular weight excluding hydrogens is 392 g/mol. The molecule has 1 saturated heterocycles. The zero-order chi connectivity index (χ0) is 21.5. The Kier molecular flexibility index (Phi) is 6.97. The average Bonchev–Trinajstić information content (AvgIpc) is 3.26. The van der Waals surface area contributed by atoms with Gasteiger partial charge >= 0.3 is 5.97 Å². The number of rotatable bonds is 8. The van der Waals surface area contributed by atoms with Crippen LogP contribution in [-0.2, 0) is 14.3 Å². The second-order valence-corrected chi connectivity index (χ2v) is 6.78. The van der Waals surface area contributed by atoms with Gasteiger partial charge in [0.15, 0.2) is 6.10 Å². The van der Waals surface area contributed by atoms with Gasteiger partial charge < -0.3 is 19.5 Å². The first-order chi connectivity index (χ1) is 14.4. The number of para-hydroxylation sites is 2. The molecule has 3 rings (SSSR count). The lowest BCUT2D eigenvalue weighted by molar-refractivity contribution is -0.383. The second-order valence-electron chi connectivity index (χ2n) is 6.78. The molecule has 1 N–H and O–H groups in total. The smallest absolute Gasteiger partial charge is 0.338 e. The molecule has 0 saturated carbocycles. The number of nitrogens with zero attached hydrogens (tertiary/aromatic N) is 1. The number of hydrogen-bond acceptors (Lipinski definition) is 7. The van der Waals surface area contributed by atoms with Crippen LogP contribution in [0.3, 0.4) is 0 Å². The molecule has 2 atom stereocenters. The second kappa shape index (κ2) is 9.84. The van der Waals surface area contributed by atoms with Gasteiger partial charge in [0, 0.05) is 12.7 Å². The summed E-state index contributed by atoms with van der Waals surface area (Å²) in [6, 6.07) is 12.1. The van der Waals surface area contributed by atoms with E-state index in [1.54, 1.807) is 30.3 Å². The van der Waals surface area contributed by atoms with E-state index >= 15 is 0 Å². The molecule has 1 fully saturated rings. The Balaban J connectivity index is 1.53. The SMILES string of the molecule is CC(OC(=O)c1ccc(OCC2CCCO2)cc1)C(=O)Nc1ccccc1[N+](=O)[O-]. The molecule has 9 heteroatoms. The molecule has 2 unspecified atom stereocenters. The third-order valence-electron chi connectivity index (χ3n) is 4.56. The van der Waals surface area contributed by atoms with E-state index in [4.69, 9.17) is 14.2 Å². The van der Waals surface area contributed by atoms with Crippen molar-refractivity contribution in [2.45, 2.75) is 32.0 Å². The largest absolute Gasteiger partial charge is 0.491 e. The van der Waals surface area contributed by atoms with Gasteiger partial charge in [-0.25, -0.2) is 4.79 Å². The fourth-order valence-electron chi connectivity index (χ4n) is 2.91. The van der Waals surface area contributed by atoms with Crippen LogP contribution in [0, 0.1) is 10.1 Å². The minimum Gasteiger partial charge on any atom is -0.491 e. The number of nitrogens with one attached hydrogen (secondary N) is 1. The van der Waals surface area contributed by atoms with Gasteiger partial charge in [0.05, 0.1) is 16.6 Å². The Bertz CT molecular complexity index is 908. The molecule has 30 heavy (non-hydrogen) atoms. The molecule has 0 aromatic heterocycles. The van der Waals surface area contributed by atoms with E-state index in [2.05, 4.69) is 5.32 Å². The van der Waals surface area contributed by atoms with Crippen molar-refractivity contribution in [3.8, 4) is 5.75 Å². The van der Waals surface area contributed by atoms with Crippen LogP contribution in [0.4, 0.5) is 11.4 Å². The van der Waals surface area contributed by atoms with Gasteiger partial charge in [0.1, 0.15) is 18.0 Å². The summed E-state index contributed by atoms with van der Waals surface area (Å²) < 4.78 is 16.3. The highest BCUT2D eigenvalue weighted by Crippen LogP contribution is 2.23. The Morgan fingerprint density at radius 1 is 1.23 bits per heavy atom. The van der Waals surface area contributed by atoms with Crippen molar-refractivity contribution in [2.75, 3.05) is 18.5 Å². The van der Waals surface area contributed by atoms with Crippen molar-refractivity contribution >= 4 is 23.3 Å². The van der Waals surface area contributed by atoms with E-state index < -0.39 is 22.9 Å². The van der Waals surface area contributed by atoms with Gasteiger partial charge in [-0.05, 0) is 50.1 Å². The number of nitro groups is 1. The molecule has 0 radical (unpaired) electrons. The van der Waals surface area contributed by atoms with Crippen molar-refractivity contribution in [2.24, 2.45) is 0 Å². The molecule has 0 spiro atoms. The van der Waals surface area contributed by atoms with E-state index in [1.807, 2.05) is 0 Å². The number of nitro benzene ring substituents is 1. The summed E-state index contributed by atoms with van der Waals surface area (Å²) in [6.07, 6.45) is 0.945. The van der Waals surface area contributed by atoms with Gasteiger partial charge in [-0.3, -0.25) is 14.9 Å². The fourth-order valence-corrected chi connectivity index (χ4v) is 2.91. The van der Waals surface area contributed by atoms with Crippen LogP contribution in [0.1, 0.15) is 30.1 Å². The molecule has 1 heterocycles. The summed E-state index contributed by atoms with van der Waals surface area (Å²) in [5.74, 6) is -0.760. The van der Waals surface area contributed by atoms with Gasteiger partial charge in [-0.2, -0.15) is 0 Å². The minimum atomic E-state index is -1.15. The number of carbonyl (C=O) groups excluding carboxylic acids is 2. The normalized spacial score (nSPS) is 16.5. The molecule has 158 valence electrons. The van der Waals surface area contributed by atoms with Crippen LogP contribution in [0.25, 0.3) is 0 Å². The summed E-state index contributed by atoms with van der Waals surface area (Å²) in [5, 5.41) is 13.4. The van der Waals surface area contributed by atoms with Crippen molar-refractivity contribution in [1.29, 1.82) is 0 Å². The maximum Gasteiger partial charge on any atom is 0.338 e. The monoisotopic (exact) mass is 414 g/mol. The van der Waals surface area contributed by atoms with Crippen molar-refractivity contribution in [3.05, 3.63) is 64.2 Å². The minimum absolute atomic E-state index is 0.0307. The molecule has 2 aromatic rings. The molecule has 0 bridgehead atoms. The van der Waals surface area contributed by atoms with Crippen LogP contribution < -0.4 is 10.1 Å². The van der Waals surface area contributed by atoms with Gasteiger partial charge in [0.25, 0.3) is 11.6 Å². The summed E-state index contributed by atoms with van der Waals surface area (Å²) >= 11 is 0. The van der Waals surface area contributed by atoms with Crippen LogP contribution in [-0.4, -0.2) is 42.2 Å². The molecule has 1 aliphatic rings. The zero-order valence-corrected chi connectivity index (χ0v) is 16.4. The lowest BCUT2D eigenvalue weighted by Gasteiger charge is -2.14. The van der Waals surface area contributed by atoms with E-state index in [0.29, 0.717) is 12.4 Å². The van der Waals surface area contributed by atoms with Crippen molar-refractivity contribution in [1.82, 2.24) is 0 Å². The maximum atomic E-state index is 12.3. The predicted octanol–water partition coefficient (Wildman–Crippen LogP) is 3.34. The van der Waals surface area contributed by atoms with E-state index in [-0.39, 0.29) is 23.0 Å². The molecule has 1 amide bonds. The number of benzene rings is 2. The molecule has 1 aliphatic heterocycles. The first kappa shape index (κ1) is 21.3. The highest BCUT2D eigenvalue weighted by Gasteiger charge is 2.22. The Morgan fingerprint density at radius 2 is 1.97 bits per heavy atom. The number of ether oxygens (including phenoxy) is 3. The van der Waals surface area contributed by atoms with Crippen molar-refractivity contribution < 1.29 is 28.7 Å². The average molecular weight is 414 g/mol. The van der Waals surface area contributed by atoms with E-state index in [0.717, 1.165) is 19.4 Å². The third-order valence-corrected chi connectivity index (χ3v) is 4.56. The zero-order valence-electron chi connectivity index (χ0n) is 16.4. The maximum absolute atomic E-state index is 12.3. The standard InChI is InChI=1S/C21H22N2O7/c1-14(20(24)22-18-6-2-3-7-19(18)23(26)27)30-21(25)15-8-10-16(11-9-15)29-13-17-5-4-12-28-17/h2-3,6-11,14,17H,4-5,12-13H2,1H3,(H,22,24). The van der Waals surface area contributed by atoms with Gasteiger partial charge in [-0.1, -0.05) is 12.1 Å². The highest BCUT2D eigenvalue weighted by atomic mass is 16.6. The molecule has 9 nitrogen and oxygen atoms in total. The lowest BCUT2D eigenvalue weighted by Crippen LogP contribution is -2.30. The van der Waals surface area contributed by atoms with Crippen LogP contribution in [0.2, 0.25) is 0 Å². The first-order valence-electron chi connectivity index (χ1n) is 9.54. The van der Waals surface area contributed by atoms with Crippen LogP contribution in [0.5, 0.6) is 5.75 Å². The predicted molar refractivity (Wildman–Crippen MR) is 108 cm³/mol. The lowest BCUT2D eigenvalue weighted by atomic mass is 10.2. The molecule has 2 aromatic carbocycles. The Morgan fingerprint density at radius 3 is 2.63 bits per heavy atom. The summed E-state index contributed by atoms with van der Waals surface area (Å²) in [4.78, 5) is 35.0. The number of anilines is 1. The van der Waals surface area contributed by atoms with E-state index in [1.165, 1.54) is 25.1 Å². The number of hydrogen-bond donors (Lipinski definition) is 1. The summed E-state index contributed by atoms with van der Waals surface area (Å²) in [5.41, 5.74) is 0.0379. The number of esters is 1. The Hall–Kier alpha value is -3.46. The number of carbonyl (C=O) groups is 2. The van der Waals surface area contributed by atoms with E-state index in [9.17, 15) is 19.7 Å². The summed E-state index contributed by atoms with van der Waals surface area (Å²) in [7, 11) is 0. The van der Waals surface area contributed by atoms with Gasteiger partial charge in [0.2, 0.25) is 0 Å². The van der Waals surface area contributed by atoms with Gasteiger partial charge in [-0.15, -0.1) is 0 Å². The molecular formula is C21H22N2O7. The van der Waals surface area contributed by atoms with Crippen molar-refractivity contribution in [3.63, 3.8) is 0 Å². The fraction of sp³-hybridized carbons (Fsp3) is 0.333. The molecule has 0 aliphatic carbocycles. The number of amides is 1. The van der Waals surface area contributed by atoms with Crippen LogP contribution >= 0.6 is 0 Å². The quantitative estimate of drug-likeness (QED) is 0.400. The van der Waals surface area contributed by atoms with Crippen LogP contribution in [0.15, 0.2) is 48.5 Å². The topological polar surface area (TPSA) is 117 Å². The highest BCUT2D eigenvalue weighted by molar-refractivity contribution is 5.98. The Labute approximate surface area is 173 Å².